The highest BCUT2D eigenvalue weighted by Crippen LogP contribution is 2.35. The van der Waals surface area contributed by atoms with Crippen LogP contribution in [0.4, 0.5) is 13.2 Å². The minimum absolute atomic E-state index is 0.108. The molecular formula is C16H21ClF3N9. The lowest BCUT2D eigenvalue weighted by molar-refractivity contribution is -0.0876. The third-order valence-corrected chi connectivity index (χ3v) is 4.91. The van der Waals surface area contributed by atoms with Crippen molar-refractivity contribution >= 4 is 17.8 Å². The maximum absolute atomic E-state index is 13.3. The van der Waals surface area contributed by atoms with Gasteiger partial charge in [-0.05, 0) is 20.8 Å². The van der Waals surface area contributed by atoms with Crippen LogP contribution < -0.4 is 16.4 Å². The molecule has 158 valence electrons. The Bertz CT molecular complexity index is 973. The van der Waals surface area contributed by atoms with E-state index in [0.29, 0.717) is 12.0 Å². The van der Waals surface area contributed by atoms with E-state index in [9.17, 15) is 13.2 Å². The number of nitrogens with two attached hydrogens (primary N) is 1. The topological polar surface area (TPSA) is 111 Å². The van der Waals surface area contributed by atoms with Crippen molar-refractivity contribution in [1.29, 1.82) is 0 Å². The zero-order valence-electron chi connectivity index (χ0n) is 16.2. The molecule has 2 aromatic rings. The Morgan fingerprint density at radius 3 is 2.59 bits per heavy atom. The summed E-state index contributed by atoms with van der Waals surface area (Å²) in [4.78, 5) is 3.90. The zero-order chi connectivity index (χ0) is 21.6. The van der Waals surface area contributed by atoms with Crippen LogP contribution in [0.2, 0.25) is 5.15 Å². The summed E-state index contributed by atoms with van der Waals surface area (Å²) in [6.07, 6.45) is -1.00. The Labute approximate surface area is 169 Å². The molecule has 0 aliphatic carbocycles. The number of aryl methyl sites for hydroxylation is 1. The quantitative estimate of drug-likeness (QED) is 0.662. The van der Waals surface area contributed by atoms with Crippen LogP contribution in [0, 0.1) is 0 Å². The van der Waals surface area contributed by atoms with Gasteiger partial charge in [0.15, 0.2) is 5.82 Å². The highest BCUT2D eigenvalue weighted by atomic mass is 35.5. The summed E-state index contributed by atoms with van der Waals surface area (Å²) >= 11 is 6.54. The Morgan fingerprint density at radius 1 is 1.34 bits per heavy atom. The first-order valence-electron chi connectivity index (χ1n) is 8.68. The smallest absolute Gasteiger partial charge is 0.372 e. The van der Waals surface area contributed by atoms with Crippen molar-refractivity contribution in [2.45, 2.75) is 38.3 Å². The number of rotatable bonds is 5. The summed E-state index contributed by atoms with van der Waals surface area (Å²) in [7, 11) is 1.78. The Morgan fingerprint density at radius 2 is 2.03 bits per heavy atom. The summed E-state index contributed by atoms with van der Waals surface area (Å²) < 4.78 is 43.0. The summed E-state index contributed by atoms with van der Waals surface area (Å²) in [6.45, 7) is 5.57. The normalized spacial score (nSPS) is 20.2. The average Bonchev–Trinajstić information content (AvgIpc) is 3.21. The molecule has 13 heteroatoms. The van der Waals surface area contributed by atoms with Gasteiger partial charge in [0.25, 0.3) is 0 Å². The van der Waals surface area contributed by atoms with Crippen molar-refractivity contribution in [3.63, 3.8) is 0 Å². The van der Waals surface area contributed by atoms with E-state index in [1.165, 1.54) is 10.9 Å². The molecule has 2 aromatic heterocycles. The van der Waals surface area contributed by atoms with Crippen molar-refractivity contribution in [2.24, 2.45) is 17.8 Å². The van der Waals surface area contributed by atoms with Crippen molar-refractivity contribution in [2.75, 3.05) is 6.54 Å². The third-order valence-electron chi connectivity index (χ3n) is 4.55. The standard InChI is InChI=1S/C16H21ClF3N9/c1-5-22-12-10(15(18,19)20)6-23-16(21,26-12)9-7-25-29(11(9)17)14(2,3)13-27-24-8-28(13)4/h6-8,22,26H,5,21H2,1-4H3. The molecule has 0 fully saturated rings. The van der Waals surface area contributed by atoms with Crippen molar-refractivity contribution in [3.8, 4) is 0 Å². The van der Waals surface area contributed by atoms with E-state index < -0.39 is 23.1 Å². The van der Waals surface area contributed by atoms with E-state index in [1.807, 2.05) is 13.8 Å². The minimum atomic E-state index is -4.60. The third kappa shape index (κ3) is 3.57. The van der Waals surface area contributed by atoms with E-state index in [0.717, 1.165) is 0 Å². The molecule has 1 atom stereocenters. The number of alkyl halides is 3. The molecule has 0 saturated heterocycles. The molecule has 3 heterocycles. The summed E-state index contributed by atoms with van der Waals surface area (Å²) in [5.41, 5.74) is 4.73. The number of allylic oxidation sites excluding steroid dienone is 1. The predicted molar refractivity (Wildman–Crippen MR) is 101 cm³/mol. The molecule has 9 nitrogen and oxygen atoms in total. The molecule has 1 aliphatic heterocycles. The van der Waals surface area contributed by atoms with Gasteiger partial charge >= 0.3 is 6.18 Å². The van der Waals surface area contributed by atoms with Gasteiger partial charge in [-0.2, -0.15) is 18.3 Å². The fraction of sp³-hybridized carbons (Fsp3) is 0.500. The molecule has 29 heavy (non-hydrogen) atoms. The van der Waals surface area contributed by atoms with Gasteiger partial charge in [0, 0.05) is 19.8 Å². The number of hydrogen-bond acceptors (Lipinski definition) is 7. The largest absolute Gasteiger partial charge is 0.421 e. The fourth-order valence-corrected chi connectivity index (χ4v) is 3.55. The van der Waals surface area contributed by atoms with Crippen LogP contribution in [-0.4, -0.2) is 43.5 Å². The lowest BCUT2D eigenvalue weighted by atomic mass is 10.0. The highest BCUT2D eigenvalue weighted by Gasteiger charge is 2.43. The van der Waals surface area contributed by atoms with Crippen LogP contribution in [0.1, 0.15) is 32.2 Å². The summed E-state index contributed by atoms with van der Waals surface area (Å²) in [6, 6.07) is 0. The van der Waals surface area contributed by atoms with Crippen molar-refractivity contribution in [3.05, 3.63) is 40.5 Å². The lowest BCUT2D eigenvalue weighted by Crippen LogP contribution is -2.54. The Balaban J connectivity index is 2.02. The molecule has 0 bridgehead atoms. The van der Waals surface area contributed by atoms with E-state index >= 15 is 0 Å². The zero-order valence-corrected chi connectivity index (χ0v) is 17.0. The first kappa shape index (κ1) is 21.1. The molecule has 4 N–H and O–H groups in total. The van der Waals surface area contributed by atoms with Gasteiger partial charge in [0.2, 0.25) is 5.79 Å². The van der Waals surface area contributed by atoms with E-state index in [1.54, 1.807) is 24.9 Å². The molecule has 0 saturated carbocycles. The van der Waals surface area contributed by atoms with Crippen molar-refractivity contribution in [1.82, 2.24) is 35.2 Å². The van der Waals surface area contributed by atoms with Gasteiger partial charge in [-0.15, -0.1) is 10.2 Å². The molecule has 0 amide bonds. The molecule has 0 radical (unpaired) electrons. The van der Waals surface area contributed by atoms with Crippen LogP contribution in [0.25, 0.3) is 0 Å². The van der Waals surface area contributed by atoms with Crippen LogP contribution in [0.15, 0.2) is 28.9 Å². The van der Waals surface area contributed by atoms with Gasteiger partial charge in [-0.1, -0.05) is 11.6 Å². The minimum Gasteiger partial charge on any atom is -0.372 e. The molecule has 0 aromatic carbocycles. The average molecular weight is 432 g/mol. The van der Waals surface area contributed by atoms with Crippen LogP contribution in [-0.2, 0) is 18.4 Å². The molecule has 1 aliphatic rings. The Hall–Kier alpha value is -2.60. The maximum atomic E-state index is 13.3. The number of aliphatic imine (C=N–C) groups is 1. The number of nitrogens with one attached hydrogen (secondary N) is 2. The van der Waals surface area contributed by atoms with E-state index in [2.05, 4.69) is 30.9 Å². The van der Waals surface area contributed by atoms with Gasteiger partial charge in [-0.25, -0.2) is 9.67 Å². The monoisotopic (exact) mass is 431 g/mol. The fourth-order valence-electron chi connectivity index (χ4n) is 3.10. The van der Waals surface area contributed by atoms with Crippen molar-refractivity contribution < 1.29 is 13.2 Å². The lowest BCUT2D eigenvalue weighted by Gasteiger charge is -2.33. The SMILES string of the molecule is CCNC1=C(C(F)(F)F)C=NC(N)(c2cnn(C(C)(C)c3nncn3C)c2Cl)N1. The number of halogens is 4. The maximum Gasteiger partial charge on any atom is 0.421 e. The van der Waals surface area contributed by atoms with E-state index in [-0.39, 0.29) is 23.1 Å². The summed E-state index contributed by atoms with van der Waals surface area (Å²) in [5.74, 6) is -1.45. The first-order chi connectivity index (χ1) is 13.4. The second-order valence-electron chi connectivity index (χ2n) is 7.05. The Kier molecular flexibility index (Phi) is 5.11. The number of hydrogen-bond donors (Lipinski definition) is 3. The molecular weight excluding hydrogens is 411 g/mol. The van der Waals surface area contributed by atoms with E-state index in [4.69, 9.17) is 17.3 Å². The molecule has 0 spiro atoms. The molecule has 1 unspecified atom stereocenters. The number of nitrogens with zero attached hydrogens (tertiary/aromatic N) is 6. The number of aromatic nitrogens is 5. The van der Waals surface area contributed by atoms with Crippen LogP contribution in [0.5, 0.6) is 0 Å². The summed E-state index contributed by atoms with van der Waals surface area (Å²) in [5, 5.41) is 17.6. The van der Waals surface area contributed by atoms with Gasteiger partial charge in [0.05, 0.1) is 11.8 Å². The van der Waals surface area contributed by atoms with Gasteiger partial charge in [-0.3, -0.25) is 5.73 Å². The van der Waals surface area contributed by atoms with Gasteiger partial charge < -0.3 is 15.2 Å². The second-order valence-corrected chi connectivity index (χ2v) is 7.41. The van der Waals surface area contributed by atoms with Gasteiger partial charge in [0.1, 0.15) is 28.4 Å². The second kappa shape index (κ2) is 7.02. The predicted octanol–water partition coefficient (Wildman–Crippen LogP) is 1.57. The first-order valence-corrected chi connectivity index (χ1v) is 9.06. The highest BCUT2D eigenvalue weighted by molar-refractivity contribution is 6.30. The van der Waals surface area contributed by atoms with Crippen LogP contribution in [0.3, 0.4) is 0 Å². The molecule has 3 rings (SSSR count). The van der Waals surface area contributed by atoms with Crippen LogP contribution >= 0.6 is 11.6 Å².